The van der Waals surface area contributed by atoms with Crippen LogP contribution in [0.15, 0.2) is 12.1 Å². The molecule has 0 aromatic carbocycles. The van der Waals surface area contributed by atoms with E-state index < -0.39 is 40.7 Å². The van der Waals surface area contributed by atoms with Crippen molar-refractivity contribution in [3.05, 3.63) is 17.8 Å². The topological polar surface area (TPSA) is 137 Å². The predicted octanol–water partition coefficient (Wildman–Crippen LogP) is 3.08. The van der Waals surface area contributed by atoms with Crippen molar-refractivity contribution in [2.24, 2.45) is 5.41 Å². The lowest BCUT2D eigenvalue weighted by Crippen LogP contribution is -2.56. The van der Waals surface area contributed by atoms with Gasteiger partial charge in [-0.2, -0.15) is 5.10 Å². The first-order chi connectivity index (χ1) is 15.2. The molecule has 2 heterocycles. The van der Waals surface area contributed by atoms with Crippen LogP contribution >= 0.6 is 0 Å². The number of rotatable bonds is 4. The molecule has 1 unspecified atom stereocenters. The molecule has 1 saturated heterocycles. The number of nitrogens with zero attached hydrogens (tertiary/aromatic N) is 3. The van der Waals surface area contributed by atoms with Crippen molar-refractivity contribution >= 4 is 29.9 Å². The molecule has 1 fully saturated rings. The van der Waals surface area contributed by atoms with Gasteiger partial charge in [0.05, 0.1) is 12.8 Å². The second-order valence-electron chi connectivity index (χ2n) is 9.83. The highest BCUT2D eigenvalue weighted by atomic mass is 16.6. The molecule has 1 aliphatic heterocycles. The van der Waals surface area contributed by atoms with E-state index in [4.69, 9.17) is 14.2 Å². The highest BCUT2D eigenvalue weighted by molar-refractivity contribution is 6.08. The summed E-state index contributed by atoms with van der Waals surface area (Å²) in [4.78, 5) is 51.5. The van der Waals surface area contributed by atoms with E-state index in [0.717, 1.165) is 4.90 Å². The van der Waals surface area contributed by atoms with Crippen LogP contribution in [0.25, 0.3) is 0 Å². The number of piperidine rings is 1. The van der Waals surface area contributed by atoms with Crippen molar-refractivity contribution < 1.29 is 33.4 Å². The zero-order valence-corrected chi connectivity index (χ0v) is 20.2. The zero-order chi connectivity index (χ0) is 25.0. The molecule has 0 aliphatic carbocycles. The number of hydrogen-bond acceptors (Lipinski definition) is 9. The average Bonchev–Trinajstić information content (AvgIpc) is 2.67. The highest BCUT2D eigenvalue weighted by Crippen LogP contribution is 2.36. The Morgan fingerprint density at radius 3 is 2.21 bits per heavy atom. The van der Waals surface area contributed by atoms with Gasteiger partial charge in [0, 0.05) is 13.0 Å². The summed E-state index contributed by atoms with van der Waals surface area (Å²) in [6.45, 7) is 10.4. The summed E-state index contributed by atoms with van der Waals surface area (Å²) in [5.41, 5.74) is -2.80. The maximum Gasteiger partial charge on any atom is 0.417 e. The Morgan fingerprint density at radius 2 is 1.70 bits per heavy atom. The van der Waals surface area contributed by atoms with Crippen LogP contribution in [-0.4, -0.2) is 64.0 Å². The number of nitrogens with one attached hydrogen (secondary N) is 1. The largest absolute Gasteiger partial charge is 0.468 e. The van der Waals surface area contributed by atoms with Gasteiger partial charge < -0.3 is 14.2 Å². The van der Waals surface area contributed by atoms with E-state index in [9.17, 15) is 19.2 Å². The summed E-state index contributed by atoms with van der Waals surface area (Å²) in [6, 6.07) is 3.01. The minimum Gasteiger partial charge on any atom is -0.468 e. The predicted molar refractivity (Wildman–Crippen MR) is 117 cm³/mol. The van der Waals surface area contributed by atoms with Crippen LogP contribution in [0.4, 0.5) is 15.4 Å². The number of imide groups is 1. The van der Waals surface area contributed by atoms with Gasteiger partial charge in [-0.3, -0.25) is 14.9 Å². The molecular formula is C22H32N4O7. The number of esters is 1. The molecule has 182 valence electrons. The molecule has 0 bridgehead atoms. The van der Waals surface area contributed by atoms with E-state index in [-0.39, 0.29) is 25.2 Å². The van der Waals surface area contributed by atoms with Crippen LogP contribution in [0.2, 0.25) is 0 Å². The van der Waals surface area contributed by atoms with Gasteiger partial charge >= 0.3 is 18.2 Å². The van der Waals surface area contributed by atoms with E-state index in [1.165, 1.54) is 19.2 Å². The minimum absolute atomic E-state index is 0.127. The molecule has 33 heavy (non-hydrogen) atoms. The molecule has 1 aromatic rings. The van der Waals surface area contributed by atoms with Gasteiger partial charge in [0.15, 0.2) is 11.2 Å². The molecule has 11 nitrogen and oxygen atoms in total. The Hall–Kier alpha value is -3.24. The average molecular weight is 465 g/mol. The number of amides is 3. The van der Waals surface area contributed by atoms with Crippen LogP contribution < -0.4 is 5.32 Å². The van der Waals surface area contributed by atoms with E-state index in [1.54, 1.807) is 41.5 Å². The van der Waals surface area contributed by atoms with Gasteiger partial charge in [0.1, 0.15) is 11.2 Å². The van der Waals surface area contributed by atoms with Gasteiger partial charge in [0.2, 0.25) is 5.91 Å². The molecule has 1 aliphatic rings. The van der Waals surface area contributed by atoms with Gasteiger partial charge in [-0.15, -0.1) is 5.10 Å². The number of anilines is 1. The Kier molecular flexibility index (Phi) is 7.66. The second-order valence-corrected chi connectivity index (χ2v) is 9.83. The first-order valence-corrected chi connectivity index (χ1v) is 10.6. The van der Waals surface area contributed by atoms with Crippen LogP contribution in [0.1, 0.15) is 60.1 Å². The molecule has 11 heteroatoms. The number of methoxy groups -OCH3 is 1. The summed E-state index contributed by atoms with van der Waals surface area (Å²) in [6.07, 6.45) is -1.06. The van der Waals surface area contributed by atoms with Crippen LogP contribution in [0.5, 0.6) is 0 Å². The van der Waals surface area contributed by atoms with Crippen molar-refractivity contribution in [1.29, 1.82) is 0 Å². The molecule has 3 amide bonds. The van der Waals surface area contributed by atoms with E-state index in [0.29, 0.717) is 12.1 Å². The molecule has 0 radical (unpaired) electrons. The molecule has 1 N–H and O–H groups in total. The summed E-state index contributed by atoms with van der Waals surface area (Å²) in [5, 5.41) is 10.4. The Morgan fingerprint density at radius 1 is 1.06 bits per heavy atom. The number of carbonyl (C=O) groups excluding carboxylic acids is 4. The van der Waals surface area contributed by atoms with Gasteiger partial charge in [-0.25, -0.2) is 14.5 Å². The van der Waals surface area contributed by atoms with E-state index in [1.807, 2.05) is 0 Å². The van der Waals surface area contributed by atoms with Gasteiger partial charge in [-0.1, -0.05) is 0 Å². The fraction of sp³-hybridized carbons (Fsp3) is 0.636. The second kappa shape index (κ2) is 9.72. The fourth-order valence-electron chi connectivity index (χ4n) is 3.36. The lowest BCUT2D eigenvalue weighted by atomic mass is 9.75. The highest BCUT2D eigenvalue weighted by Gasteiger charge is 2.53. The minimum atomic E-state index is -1.64. The normalized spacial score (nSPS) is 19.0. The van der Waals surface area contributed by atoms with E-state index >= 15 is 0 Å². The number of likely N-dealkylation sites (tertiary alicyclic amines) is 1. The number of carbonyl (C=O) groups is 4. The molecule has 1 atom stereocenters. The van der Waals surface area contributed by atoms with Crippen molar-refractivity contribution in [3.8, 4) is 0 Å². The van der Waals surface area contributed by atoms with Crippen molar-refractivity contribution in [3.63, 3.8) is 0 Å². The third-order valence-electron chi connectivity index (χ3n) is 4.66. The third-order valence-corrected chi connectivity index (χ3v) is 4.66. The molecule has 0 saturated carbocycles. The smallest absolute Gasteiger partial charge is 0.417 e. The van der Waals surface area contributed by atoms with Gasteiger partial charge in [0.25, 0.3) is 0 Å². The maximum atomic E-state index is 13.3. The van der Waals surface area contributed by atoms with E-state index in [2.05, 4.69) is 15.5 Å². The standard InChI is InChI=1S/C22H32N4O7/c1-20(2,3)32-18(29)23-15-10-9-14(24-25-15)13-22(17(28)31-7)11-8-12-26(16(22)27)19(30)33-21(4,5)6/h9-10H,8,11-13H2,1-7H3,(H,23,25,29). The monoisotopic (exact) mass is 464 g/mol. The quantitative estimate of drug-likeness (QED) is 0.405. The van der Waals surface area contributed by atoms with Crippen molar-refractivity contribution in [2.75, 3.05) is 19.0 Å². The fourth-order valence-corrected chi connectivity index (χ4v) is 3.36. The summed E-state index contributed by atoms with van der Waals surface area (Å²) < 4.78 is 15.4. The lowest BCUT2D eigenvalue weighted by Gasteiger charge is -2.38. The zero-order valence-electron chi connectivity index (χ0n) is 20.2. The summed E-state index contributed by atoms with van der Waals surface area (Å²) in [5.74, 6) is -1.32. The van der Waals surface area contributed by atoms with Crippen LogP contribution in [0.3, 0.4) is 0 Å². The first-order valence-electron chi connectivity index (χ1n) is 10.6. The SMILES string of the molecule is COC(=O)C1(Cc2ccc(NC(=O)OC(C)(C)C)nn2)CCCN(C(=O)OC(C)(C)C)C1=O. The molecule has 0 spiro atoms. The van der Waals surface area contributed by atoms with Crippen LogP contribution in [0, 0.1) is 5.41 Å². The number of hydrogen-bond donors (Lipinski definition) is 1. The molecule has 1 aromatic heterocycles. The lowest BCUT2D eigenvalue weighted by molar-refractivity contribution is -0.166. The number of aromatic nitrogens is 2. The molecule has 2 rings (SSSR count). The van der Waals surface area contributed by atoms with Crippen molar-refractivity contribution in [1.82, 2.24) is 15.1 Å². The first kappa shape index (κ1) is 26.0. The Labute approximate surface area is 193 Å². The third kappa shape index (κ3) is 6.87. The molecular weight excluding hydrogens is 432 g/mol. The number of ether oxygens (including phenoxy) is 3. The summed E-state index contributed by atoms with van der Waals surface area (Å²) in [7, 11) is 1.18. The Balaban J connectivity index is 2.23. The Bertz CT molecular complexity index is 903. The summed E-state index contributed by atoms with van der Waals surface area (Å²) >= 11 is 0. The van der Waals surface area contributed by atoms with Crippen molar-refractivity contribution in [2.45, 2.75) is 72.0 Å². The van der Waals surface area contributed by atoms with Gasteiger partial charge in [-0.05, 0) is 66.5 Å². The van der Waals surface area contributed by atoms with Crippen LogP contribution in [-0.2, 0) is 30.2 Å². The maximum absolute atomic E-state index is 13.3.